The van der Waals surface area contributed by atoms with E-state index in [0.717, 1.165) is 0 Å². The van der Waals surface area contributed by atoms with E-state index in [1.54, 1.807) is 0 Å². The minimum absolute atomic E-state index is 0.623. The summed E-state index contributed by atoms with van der Waals surface area (Å²) in [6.45, 7) is 1.19. The number of rotatable bonds is 0. The molecule has 2 aliphatic rings. The van der Waals surface area contributed by atoms with Crippen LogP contribution in [-0.4, -0.2) is 12.7 Å². The number of benzene rings is 1. The van der Waals surface area contributed by atoms with Crippen molar-refractivity contribution in [3.63, 3.8) is 0 Å². The Morgan fingerprint density at radius 1 is 1.40 bits per heavy atom. The van der Waals surface area contributed by atoms with Gasteiger partial charge in [0.15, 0.2) is 0 Å². The van der Waals surface area contributed by atoms with Gasteiger partial charge in [-0.15, -0.1) is 0 Å². The molecule has 1 unspecified atom stereocenters. The Balaban J connectivity index is 2.22. The first-order valence-corrected chi connectivity index (χ1v) is 3.57. The fourth-order valence-electron chi connectivity index (χ4n) is 1.55. The van der Waals surface area contributed by atoms with Crippen molar-refractivity contribution in [3.8, 4) is 0 Å². The molecule has 1 aromatic rings. The van der Waals surface area contributed by atoms with Crippen LogP contribution < -0.4 is 10.2 Å². The zero-order valence-electron chi connectivity index (χ0n) is 5.54. The van der Waals surface area contributed by atoms with Gasteiger partial charge in [0, 0.05) is 0 Å². The van der Waals surface area contributed by atoms with Crippen molar-refractivity contribution in [1.29, 1.82) is 0 Å². The molecule has 0 spiro atoms. The highest BCUT2D eigenvalue weighted by molar-refractivity contribution is 5.80. The average molecular weight is 132 g/mol. The molecule has 1 N–H and O–H groups in total. The Morgan fingerprint density at radius 2 is 2.30 bits per heavy atom. The Bertz CT molecular complexity index is 282. The van der Waals surface area contributed by atoms with E-state index in [4.69, 9.17) is 0 Å². The molecule has 0 aliphatic carbocycles. The van der Waals surface area contributed by atoms with Crippen LogP contribution in [0.3, 0.4) is 0 Å². The molecular weight excluding hydrogens is 124 g/mol. The van der Waals surface area contributed by atoms with Crippen molar-refractivity contribution in [3.05, 3.63) is 24.3 Å². The van der Waals surface area contributed by atoms with E-state index in [1.807, 2.05) is 0 Å². The molecule has 2 heteroatoms. The third kappa shape index (κ3) is 0.407. The van der Waals surface area contributed by atoms with Crippen molar-refractivity contribution in [2.24, 2.45) is 0 Å². The van der Waals surface area contributed by atoms with Gasteiger partial charge in [0.2, 0.25) is 0 Å². The van der Waals surface area contributed by atoms with Gasteiger partial charge in [0.1, 0.15) is 6.17 Å². The van der Waals surface area contributed by atoms with Crippen molar-refractivity contribution in [2.45, 2.75) is 6.17 Å². The average Bonchev–Trinajstić information content (AvgIpc) is 2.64. The van der Waals surface area contributed by atoms with Gasteiger partial charge in [-0.2, -0.15) is 0 Å². The lowest BCUT2D eigenvalue weighted by atomic mass is 10.3. The van der Waals surface area contributed by atoms with E-state index in [1.165, 1.54) is 17.9 Å². The van der Waals surface area contributed by atoms with Gasteiger partial charge in [0.05, 0.1) is 17.9 Å². The predicted octanol–water partition coefficient (Wildman–Crippen LogP) is 1.26. The second-order valence-electron chi connectivity index (χ2n) is 2.83. The lowest BCUT2D eigenvalue weighted by molar-refractivity contribution is 1.22. The molecule has 2 heterocycles. The molecule has 2 nitrogen and oxygen atoms in total. The fraction of sp³-hybridized carbons (Fsp3) is 0.250. The van der Waals surface area contributed by atoms with Gasteiger partial charge in [-0.25, -0.2) is 0 Å². The summed E-state index contributed by atoms with van der Waals surface area (Å²) >= 11 is 0. The summed E-state index contributed by atoms with van der Waals surface area (Å²) in [6, 6.07) is 8.44. The zero-order chi connectivity index (χ0) is 6.55. The maximum atomic E-state index is 3.40. The summed E-state index contributed by atoms with van der Waals surface area (Å²) in [5, 5.41) is 3.40. The molecular formula is C8H8N2. The molecule has 0 bridgehead atoms. The van der Waals surface area contributed by atoms with E-state index < -0.39 is 0 Å². The van der Waals surface area contributed by atoms with Gasteiger partial charge in [-0.1, -0.05) is 12.1 Å². The van der Waals surface area contributed by atoms with E-state index >= 15 is 0 Å². The highest BCUT2D eigenvalue weighted by atomic mass is 15.5. The molecule has 1 saturated heterocycles. The Hall–Kier alpha value is -1.18. The first kappa shape index (κ1) is 4.61. The van der Waals surface area contributed by atoms with Crippen LogP contribution in [0.25, 0.3) is 0 Å². The van der Waals surface area contributed by atoms with E-state index in [2.05, 4.69) is 34.5 Å². The molecule has 0 saturated carbocycles. The summed E-state index contributed by atoms with van der Waals surface area (Å²) in [6.07, 6.45) is 0.623. The third-order valence-electron chi connectivity index (χ3n) is 2.15. The van der Waals surface area contributed by atoms with Crippen LogP contribution in [-0.2, 0) is 0 Å². The summed E-state index contributed by atoms with van der Waals surface area (Å²) < 4.78 is 0. The number of hydrogen-bond acceptors (Lipinski definition) is 2. The number of hydrogen-bond donors (Lipinski definition) is 1. The number of nitrogens with zero attached hydrogens (tertiary/aromatic N) is 1. The van der Waals surface area contributed by atoms with Crippen LogP contribution in [0, 0.1) is 0 Å². The van der Waals surface area contributed by atoms with Crippen LogP contribution in [0.15, 0.2) is 24.3 Å². The Kier molecular flexibility index (Phi) is 0.592. The predicted molar refractivity (Wildman–Crippen MR) is 41.2 cm³/mol. The molecule has 2 aliphatic heterocycles. The first-order chi connectivity index (χ1) is 4.95. The molecule has 3 rings (SSSR count). The molecule has 0 radical (unpaired) electrons. The summed E-state index contributed by atoms with van der Waals surface area (Å²) in [5.74, 6) is 0. The molecule has 0 amide bonds. The minimum atomic E-state index is 0.623. The number of fused-ring (bicyclic) bond motifs is 3. The van der Waals surface area contributed by atoms with Crippen molar-refractivity contribution in [1.82, 2.24) is 0 Å². The van der Waals surface area contributed by atoms with Crippen LogP contribution >= 0.6 is 0 Å². The van der Waals surface area contributed by atoms with Gasteiger partial charge >= 0.3 is 0 Å². The number of anilines is 2. The van der Waals surface area contributed by atoms with Crippen molar-refractivity contribution in [2.75, 3.05) is 16.8 Å². The van der Waals surface area contributed by atoms with Gasteiger partial charge in [-0.05, 0) is 12.1 Å². The second kappa shape index (κ2) is 1.29. The van der Waals surface area contributed by atoms with Gasteiger partial charge < -0.3 is 10.2 Å². The summed E-state index contributed by atoms with van der Waals surface area (Å²) in [5.41, 5.74) is 2.66. The zero-order valence-corrected chi connectivity index (χ0v) is 5.54. The van der Waals surface area contributed by atoms with E-state index in [0.29, 0.717) is 6.17 Å². The van der Waals surface area contributed by atoms with Crippen LogP contribution in [0.2, 0.25) is 0 Å². The molecule has 50 valence electrons. The molecule has 0 aromatic heterocycles. The minimum Gasteiger partial charge on any atom is -0.362 e. The van der Waals surface area contributed by atoms with Gasteiger partial charge in [-0.3, -0.25) is 0 Å². The Morgan fingerprint density at radius 3 is 3.20 bits per heavy atom. The van der Waals surface area contributed by atoms with Crippen molar-refractivity contribution >= 4 is 11.4 Å². The standard InChI is InChI=1S/C8H8N2/c1-2-4-7-6(3-1)9-8-5-10(7)8/h1-4,8-9H,5H2. The van der Waals surface area contributed by atoms with Crippen LogP contribution in [0.5, 0.6) is 0 Å². The van der Waals surface area contributed by atoms with Crippen LogP contribution in [0.4, 0.5) is 11.4 Å². The molecule has 1 atom stereocenters. The lowest BCUT2D eigenvalue weighted by Gasteiger charge is -2.00. The first-order valence-electron chi connectivity index (χ1n) is 3.57. The largest absolute Gasteiger partial charge is 0.362 e. The highest BCUT2D eigenvalue weighted by Crippen LogP contribution is 2.41. The summed E-state index contributed by atoms with van der Waals surface area (Å²) in [7, 11) is 0. The lowest BCUT2D eigenvalue weighted by Crippen LogP contribution is -1.98. The SMILES string of the molecule is c1ccc2c(c1)NC1CN21. The molecule has 1 aromatic carbocycles. The van der Waals surface area contributed by atoms with E-state index in [-0.39, 0.29) is 0 Å². The normalized spacial score (nSPS) is 25.2. The van der Waals surface area contributed by atoms with Crippen LogP contribution in [0.1, 0.15) is 0 Å². The van der Waals surface area contributed by atoms with Gasteiger partial charge in [0.25, 0.3) is 0 Å². The highest BCUT2D eigenvalue weighted by Gasteiger charge is 2.40. The third-order valence-corrected chi connectivity index (χ3v) is 2.15. The topological polar surface area (TPSA) is 15.0 Å². The monoisotopic (exact) mass is 132 g/mol. The second-order valence-corrected chi connectivity index (χ2v) is 2.83. The Labute approximate surface area is 59.5 Å². The number of nitrogens with one attached hydrogen (secondary N) is 1. The smallest absolute Gasteiger partial charge is 0.117 e. The van der Waals surface area contributed by atoms with E-state index in [9.17, 15) is 0 Å². The van der Waals surface area contributed by atoms with Crippen molar-refractivity contribution < 1.29 is 0 Å². The quantitative estimate of drug-likeness (QED) is 0.534. The summed E-state index contributed by atoms with van der Waals surface area (Å²) in [4.78, 5) is 2.36. The molecule has 1 fully saturated rings. The fourth-order valence-corrected chi connectivity index (χ4v) is 1.55. The number of para-hydroxylation sites is 2. The molecule has 10 heavy (non-hydrogen) atoms. The maximum Gasteiger partial charge on any atom is 0.117 e. The maximum absolute atomic E-state index is 3.40.